The molecule has 1 aromatic carbocycles. The zero-order chi connectivity index (χ0) is 13.0. The minimum atomic E-state index is 0.227. The van der Waals surface area contributed by atoms with E-state index in [9.17, 15) is 0 Å². The predicted molar refractivity (Wildman–Crippen MR) is 78.7 cm³/mol. The van der Waals surface area contributed by atoms with Crippen molar-refractivity contribution in [3.8, 4) is 0 Å². The van der Waals surface area contributed by atoms with Gasteiger partial charge >= 0.3 is 0 Å². The van der Waals surface area contributed by atoms with Crippen LogP contribution in [0.15, 0.2) is 18.2 Å². The molecular weight excluding hydrogens is 218 g/mol. The summed E-state index contributed by atoms with van der Waals surface area (Å²) in [5.74, 6) is 0.940. The zero-order valence-electron chi connectivity index (χ0n) is 11.9. The molecule has 1 fully saturated rings. The molecular formula is C17H27N. The van der Waals surface area contributed by atoms with Crippen molar-refractivity contribution in [2.75, 3.05) is 0 Å². The van der Waals surface area contributed by atoms with E-state index in [0.29, 0.717) is 0 Å². The molecule has 18 heavy (non-hydrogen) atoms. The average molecular weight is 245 g/mol. The molecule has 1 aliphatic carbocycles. The van der Waals surface area contributed by atoms with Gasteiger partial charge < -0.3 is 5.73 Å². The van der Waals surface area contributed by atoms with E-state index < -0.39 is 0 Å². The van der Waals surface area contributed by atoms with E-state index in [-0.39, 0.29) is 6.04 Å². The van der Waals surface area contributed by atoms with Crippen molar-refractivity contribution in [1.82, 2.24) is 0 Å². The number of aryl methyl sites for hydroxylation is 2. The Morgan fingerprint density at radius 1 is 1.06 bits per heavy atom. The van der Waals surface area contributed by atoms with Gasteiger partial charge in [-0.05, 0) is 38.2 Å². The Morgan fingerprint density at radius 2 is 1.67 bits per heavy atom. The summed E-state index contributed by atoms with van der Waals surface area (Å²) < 4.78 is 0. The van der Waals surface area contributed by atoms with E-state index >= 15 is 0 Å². The minimum absolute atomic E-state index is 0.227. The number of hydrogen-bond donors (Lipinski definition) is 1. The molecule has 0 spiro atoms. The van der Waals surface area contributed by atoms with Gasteiger partial charge in [-0.15, -0.1) is 0 Å². The zero-order valence-corrected chi connectivity index (χ0v) is 11.9. The Balaban J connectivity index is 1.88. The third-order valence-corrected chi connectivity index (χ3v) is 4.28. The lowest BCUT2D eigenvalue weighted by molar-refractivity contribution is 0.324. The fraction of sp³-hybridized carbons (Fsp3) is 0.647. The maximum absolute atomic E-state index is 6.35. The lowest BCUT2D eigenvalue weighted by Crippen LogP contribution is -2.14. The van der Waals surface area contributed by atoms with E-state index in [1.54, 1.807) is 0 Å². The van der Waals surface area contributed by atoms with E-state index in [1.165, 1.54) is 55.2 Å². The summed E-state index contributed by atoms with van der Waals surface area (Å²) in [6, 6.07) is 6.94. The van der Waals surface area contributed by atoms with Crippen LogP contribution in [0.2, 0.25) is 0 Å². The normalized spacial score (nSPS) is 18.8. The van der Waals surface area contributed by atoms with Gasteiger partial charge in [0.25, 0.3) is 0 Å². The Labute approximate surface area is 112 Å². The molecule has 1 saturated carbocycles. The summed E-state index contributed by atoms with van der Waals surface area (Å²) >= 11 is 0. The highest BCUT2D eigenvalue weighted by molar-refractivity contribution is 5.30. The molecule has 0 saturated heterocycles. The van der Waals surface area contributed by atoms with Crippen LogP contribution < -0.4 is 5.73 Å². The second-order valence-corrected chi connectivity index (χ2v) is 6.11. The topological polar surface area (TPSA) is 26.0 Å². The Bertz CT molecular complexity index is 357. The standard InChI is InChI=1S/C17H27N/c1-13-10-14(2)12-16(11-13)17(18)9-8-15-6-4-3-5-7-15/h10-12,15,17H,3-9,18H2,1-2H3. The lowest BCUT2D eigenvalue weighted by Gasteiger charge is -2.23. The highest BCUT2D eigenvalue weighted by Gasteiger charge is 2.15. The monoisotopic (exact) mass is 245 g/mol. The van der Waals surface area contributed by atoms with Gasteiger partial charge in [0.15, 0.2) is 0 Å². The second kappa shape index (κ2) is 6.38. The molecule has 0 radical (unpaired) electrons. The summed E-state index contributed by atoms with van der Waals surface area (Å²) in [5.41, 5.74) is 10.3. The van der Waals surface area contributed by atoms with Gasteiger partial charge in [-0.1, -0.05) is 61.4 Å². The first kappa shape index (κ1) is 13.6. The summed E-state index contributed by atoms with van der Waals surface area (Å²) in [4.78, 5) is 0. The summed E-state index contributed by atoms with van der Waals surface area (Å²) in [6.45, 7) is 4.31. The molecule has 0 amide bonds. The van der Waals surface area contributed by atoms with Gasteiger partial charge in [0.05, 0.1) is 0 Å². The quantitative estimate of drug-likeness (QED) is 0.820. The number of nitrogens with two attached hydrogens (primary N) is 1. The van der Waals surface area contributed by atoms with Gasteiger partial charge in [-0.3, -0.25) is 0 Å². The van der Waals surface area contributed by atoms with Gasteiger partial charge in [0.2, 0.25) is 0 Å². The van der Waals surface area contributed by atoms with Crippen LogP contribution in [0.4, 0.5) is 0 Å². The fourth-order valence-corrected chi connectivity index (χ4v) is 3.28. The van der Waals surface area contributed by atoms with Crippen molar-refractivity contribution in [2.45, 2.75) is 64.8 Å². The molecule has 2 rings (SSSR count). The van der Waals surface area contributed by atoms with Gasteiger partial charge in [0, 0.05) is 6.04 Å². The van der Waals surface area contributed by atoms with Crippen molar-refractivity contribution >= 4 is 0 Å². The third kappa shape index (κ3) is 3.84. The highest BCUT2D eigenvalue weighted by atomic mass is 14.6. The first-order chi connectivity index (χ1) is 8.65. The molecule has 1 aromatic rings. The number of hydrogen-bond acceptors (Lipinski definition) is 1. The molecule has 1 unspecified atom stereocenters. The van der Waals surface area contributed by atoms with Crippen molar-refractivity contribution in [2.24, 2.45) is 11.7 Å². The highest BCUT2D eigenvalue weighted by Crippen LogP contribution is 2.30. The molecule has 0 bridgehead atoms. The first-order valence-corrected chi connectivity index (χ1v) is 7.49. The Kier molecular flexibility index (Phi) is 4.82. The van der Waals surface area contributed by atoms with Crippen LogP contribution in [0.1, 0.15) is 67.7 Å². The van der Waals surface area contributed by atoms with Crippen LogP contribution in [0.25, 0.3) is 0 Å². The van der Waals surface area contributed by atoms with Crippen molar-refractivity contribution in [1.29, 1.82) is 0 Å². The van der Waals surface area contributed by atoms with Crippen molar-refractivity contribution < 1.29 is 0 Å². The summed E-state index contributed by atoms with van der Waals surface area (Å²) in [5, 5.41) is 0. The van der Waals surface area contributed by atoms with Gasteiger partial charge in [-0.25, -0.2) is 0 Å². The molecule has 1 heteroatoms. The molecule has 0 aromatic heterocycles. The summed E-state index contributed by atoms with van der Waals surface area (Å²) in [6.07, 6.45) is 9.63. The van der Waals surface area contributed by atoms with Crippen molar-refractivity contribution in [3.05, 3.63) is 34.9 Å². The maximum atomic E-state index is 6.35. The largest absolute Gasteiger partial charge is 0.324 e. The smallest absolute Gasteiger partial charge is 0.0295 e. The van der Waals surface area contributed by atoms with Crippen LogP contribution in [0.3, 0.4) is 0 Å². The molecule has 1 nitrogen and oxygen atoms in total. The molecule has 0 aliphatic heterocycles. The van der Waals surface area contributed by atoms with Crippen LogP contribution in [0, 0.1) is 19.8 Å². The molecule has 1 aliphatic rings. The van der Waals surface area contributed by atoms with E-state index in [2.05, 4.69) is 32.0 Å². The molecule has 0 heterocycles. The maximum Gasteiger partial charge on any atom is 0.0295 e. The SMILES string of the molecule is Cc1cc(C)cc(C(N)CCC2CCCCC2)c1. The third-order valence-electron chi connectivity index (χ3n) is 4.28. The Hall–Kier alpha value is -0.820. The van der Waals surface area contributed by atoms with Crippen molar-refractivity contribution in [3.63, 3.8) is 0 Å². The van der Waals surface area contributed by atoms with Crippen LogP contribution in [0.5, 0.6) is 0 Å². The van der Waals surface area contributed by atoms with E-state index in [4.69, 9.17) is 5.73 Å². The Morgan fingerprint density at radius 3 is 2.28 bits per heavy atom. The van der Waals surface area contributed by atoms with Gasteiger partial charge in [-0.2, -0.15) is 0 Å². The molecule has 1 atom stereocenters. The lowest BCUT2D eigenvalue weighted by atomic mass is 9.84. The molecule has 100 valence electrons. The van der Waals surface area contributed by atoms with Gasteiger partial charge in [0.1, 0.15) is 0 Å². The van der Waals surface area contributed by atoms with Crippen LogP contribution >= 0.6 is 0 Å². The van der Waals surface area contributed by atoms with E-state index in [0.717, 1.165) is 12.3 Å². The average Bonchev–Trinajstić information content (AvgIpc) is 2.36. The number of benzene rings is 1. The van der Waals surface area contributed by atoms with E-state index in [1.807, 2.05) is 0 Å². The predicted octanol–water partition coefficient (Wildman–Crippen LogP) is 4.66. The molecule has 2 N–H and O–H groups in total. The van der Waals surface area contributed by atoms with Crippen LogP contribution in [-0.4, -0.2) is 0 Å². The van der Waals surface area contributed by atoms with Crippen LogP contribution in [-0.2, 0) is 0 Å². The minimum Gasteiger partial charge on any atom is -0.324 e. The first-order valence-electron chi connectivity index (χ1n) is 7.49. The number of rotatable bonds is 4. The second-order valence-electron chi connectivity index (χ2n) is 6.11. The fourth-order valence-electron chi connectivity index (χ4n) is 3.28. The summed E-state index contributed by atoms with van der Waals surface area (Å²) in [7, 11) is 0.